The molecule has 0 heteroatoms. The average molecular weight is 647 g/mol. The first kappa shape index (κ1) is 28.6. The lowest BCUT2D eigenvalue weighted by Gasteiger charge is -2.24. The van der Waals surface area contributed by atoms with E-state index in [1.165, 1.54) is 126 Å². The third-order valence-corrected chi connectivity index (χ3v) is 11.6. The molecule has 10 aromatic rings. The van der Waals surface area contributed by atoms with Crippen LogP contribution in [0.25, 0.3) is 109 Å². The monoisotopic (exact) mass is 646 g/mol. The standard InChI is InChI=1S/C51H34/c1-29-27-30(2)44(31(3)28-29)49-39-20-10-9-19-38(39)47(35-18-8-7-17-34(35)32-13-5-4-6-14-32)50-42-25-23-40-36-21-11-15-33-16-12-22-37(45(33)36)41-24-26-43(51(49)50)48(42)46(40)41/h4-28H,1-3H3. The summed E-state index contributed by atoms with van der Waals surface area (Å²) in [5.74, 6) is 0. The number of aryl methyl sites for hydroxylation is 3. The highest BCUT2D eigenvalue weighted by atomic mass is 14.4. The summed E-state index contributed by atoms with van der Waals surface area (Å²) in [7, 11) is 0. The third-order valence-electron chi connectivity index (χ3n) is 11.6. The average Bonchev–Trinajstić information content (AvgIpc) is 3.49. The van der Waals surface area contributed by atoms with Crippen LogP contribution in [0.3, 0.4) is 0 Å². The van der Waals surface area contributed by atoms with Crippen molar-refractivity contribution in [1.82, 2.24) is 0 Å². The molecular weight excluding hydrogens is 613 g/mol. The number of benzene rings is 10. The van der Waals surface area contributed by atoms with Gasteiger partial charge in [-0.3, -0.25) is 0 Å². The van der Waals surface area contributed by atoms with Crippen LogP contribution in [0.5, 0.6) is 0 Å². The maximum absolute atomic E-state index is 2.44. The fourth-order valence-electron chi connectivity index (χ4n) is 9.81. The van der Waals surface area contributed by atoms with Crippen LogP contribution in [-0.2, 0) is 0 Å². The zero-order valence-electron chi connectivity index (χ0n) is 28.9. The van der Waals surface area contributed by atoms with E-state index in [9.17, 15) is 0 Å². The van der Waals surface area contributed by atoms with Crippen molar-refractivity contribution in [2.45, 2.75) is 20.8 Å². The fraction of sp³-hybridized carbons (Fsp3) is 0.0588. The van der Waals surface area contributed by atoms with E-state index in [1.54, 1.807) is 0 Å². The fourth-order valence-corrected chi connectivity index (χ4v) is 9.81. The molecule has 51 heavy (non-hydrogen) atoms. The molecular formula is C51H34. The molecule has 238 valence electrons. The van der Waals surface area contributed by atoms with E-state index in [2.05, 4.69) is 172 Å². The molecule has 1 aliphatic rings. The lowest BCUT2D eigenvalue weighted by molar-refractivity contribution is 1.32. The van der Waals surface area contributed by atoms with Gasteiger partial charge in [0.15, 0.2) is 0 Å². The van der Waals surface area contributed by atoms with E-state index in [4.69, 9.17) is 0 Å². The minimum atomic E-state index is 1.23. The van der Waals surface area contributed by atoms with Gasteiger partial charge in [-0.1, -0.05) is 157 Å². The summed E-state index contributed by atoms with van der Waals surface area (Å²) < 4.78 is 0. The van der Waals surface area contributed by atoms with Crippen molar-refractivity contribution < 1.29 is 0 Å². The Morgan fingerprint density at radius 2 is 0.804 bits per heavy atom. The van der Waals surface area contributed by atoms with Gasteiger partial charge in [-0.25, -0.2) is 0 Å². The first-order chi connectivity index (χ1) is 25.1. The molecule has 0 bridgehead atoms. The van der Waals surface area contributed by atoms with Crippen LogP contribution in [0.2, 0.25) is 0 Å². The van der Waals surface area contributed by atoms with Gasteiger partial charge in [-0.05, 0) is 141 Å². The van der Waals surface area contributed by atoms with E-state index in [0.717, 1.165) is 0 Å². The summed E-state index contributed by atoms with van der Waals surface area (Å²) in [5, 5.41) is 13.4. The number of fused-ring (bicyclic) bond motifs is 6. The Hall–Kier alpha value is -6.24. The number of hydrogen-bond donors (Lipinski definition) is 0. The Kier molecular flexibility index (Phi) is 5.82. The highest BCUT2D eigenvalue weighted by Crippen LogP contribution is 2.60. The molecule has 0 atom stereocenters. The first-order valence-electron chi connectivity index (χ1n) is 18.0. The summed E-state index contributed by atoms with van der Waals surface area (Å²) >= 11 is 0. The zero-order valence-corrected chi connectivity index (χ0v) is 28.9. The Balaban J connectivity index is 1.39. The lowest BCUT2D eigenvalue weighted by Crippen LogP contribution is -1.98. The van der Waals surface area contributed by atoms with Crippen LogP contribution >= 0.6 is 0 Å². The van der Waals surface area contributed by atoms with Crippen molar-refractivity contribution in [1.29, 1.82) is 0 Å². The lowest BCUT2D eigenvalue weighted by atomic mass is 9.79. The van der Waals surface area contributed by atoms with Crippen molar-refractivity contribution in [3.05, 3.63) is 168 Å². The summed E-state index contributed by atoms with van der Waals surface area (Å²) in [5.41, 5.74) is 17.1. The molecule has 0 amide bonds. The molecule has 0 saturated carbocycles. The normalized spacial score (nSPS) is 12.2. The number of rotatable bonds is 3. The molecule has 0 spiro atoms. The molecule has 0 saturated heterocycles. The molecule has 0 heterocycles. The highest BCUT2D eigenvalue weighted by Gasteiger charge is 2.33. The van der Waals surface area contributed by atoms with Gasteiger partial charge < -0.3 is 0 Å². The van der Waals surface area contributed by atoms with Gasteiger partial charge in [0.05, 0.1) is 0 Å². The number of hydrogen-bond acceptors (Lipinski definition) is 0. The topological polar surface area (TPSA) is 0 Å². The smallest absolute Gasteiger partial charge is 0.000718 e. The van der Waals surface area contributed by atoms with Crippen molar-refractivity contribution in [3.8, 4) is 55.6 Å². The maximum Gasteiger partial charge on any atom is -0.000718 e. The molecule has 0 aliphatic heterocycles. The van der Waals surface area contributed by atoms with Gasteiger partial charge in [0.2, 0.25) is 0 Å². The van der Waals surface area contributed by atoms with Gasteiger partial charge in [0.25, 0.3) is 0 Å². The molecule has 0 aromatic heterocycles. The van der Waals surface area contributed by atoms with Crippen LogP contribution in [0.15, 0.2) is 152 Å². The predicted octanol–water partition coefficient (Wildman–Crippen LogP) is 14.5. The first-order valence-corrected chi connectivity index (χ1v) is 18.0. The second kappa shape index (κ2) is 10.4. The summed E-state index contributed by atoms with van der Waals surface area (Å²) in [6.07, 6.45) is 0. The van der Waals surface area contributed by atoms with Crippen LogP contribution in [0.4, 0.5) is 0 Å². The molecule has 10 aromatic carbocycles. The van der Waals surface area contributed by atoms with Gasteiger partial charge in [-0.15, -0.1) is 0 Å². The van der Waals surface area contributed by atoms with Gasteiger partial charge in [-0.2, -0.15) is 0 Å². The van der Waals surface area contributed by atoms with Crippen molar-refractivity contribution in [3.63, 3.8) is 0 Å². The van der Waals surface area contributed by atoms with Crippen molar-refractivity contribution >= 4 is 53.9 Å². The van der Waals surface area contributed by atoms with Crippen molar-refractivity contribution in [2.75, 3.05) is 0 Å². The summed E-state index contributed by atoms with van der Waals surface area (Å²) in [6.45, 7) is 6.81. The molecule has 11 rings (SSSR count). The predicted molar refractivity (Wildman–Crippen MR) is 220 cm³/mol. The summed E-state index contributed by atoms with van der Waals surface area (Å²) in [6, 6.07) is 57.1. The second-order valence-electron chi connectivity index (χ2n) is 14.5. The maximum atomic E-state index is 2.44. The van der Waals surface area contributed by atoms with Crippen LogP contribution in [-0.4, -0.2) is 0 Å². The molecule has 1 aliphatic carbocycles. The molecule has 0 nitrogen and oxygen atoms in total. The second-order valence-corrected chi connectivity index (χ2v) is 14.5. The minimum absolute atomic E-state index is 1.23. The molecule has 0 fully saturated rings. The minimum Gasteiger partial charge on any atom is -0.0622 e. The highest BCUT2D eigenvalue weighted by molar-refractivity contribution is 6.39. The third kappa shape index (κ3) is 3.80. The molecule has 0 N–H and O–H groups in total. The van der Waals surface area contributed by atoms with E-state index < -0.39 is 0 Å². The van der Waals surface area contributed by atoms with Gasteiger partial charge in [0, 0.05) is 0 Å². The van der Waals surface area contributed by atoms with Crippen LogP contribution < -0.4 is 0 Å². The SMILES string of the molecule is Cc1cc(C)c(-c2c3c(c(-c4ccccc4-c4ccccc4)c4ccccc24)-c2ccc4c5cccc6cccc(c7ccc-3c2c47)c65)c(C)c1. The van der Waals surface area contributed by atoms with E-state index in [0.29, 0.717) is 0 Å². The van der Waals surface area contributed by atoms with Crippen LogP contribution in [0.1, 0.15) is 16.7 Å². The Morgan fingerprint density at radius 1 is 0.294 bits per heavy atom. The molecule has 0 radical (unpaired) electrons. The van der Waals surface area contributed by atoms with E-state index in [-0.39, 0.29) is 0 Å². The van der Waals surface area contributed by atoms with E-state index >= 15 is 0 Å². The Morgan fingerprint density at radius 3 is 1.45 bits per heavy atom. The Bertz CT molecular complexity index is 3010. The zero-order chi connectivity index (χ0) is 34.0. The Labute approximate surface area is 297 Å². The van der Waals surface area contributed by atoms with E-state index in [1.807, 2.05) is 0 Å². The largest absolute Gasteiger partial charge is 0.0622 e. The van der Waals surface area contributed by atoms with Crippen molar-refractivity contribution in [2.24, 2.45) is 0 Å². The van der Waals surface area contributed by atoms with Gasteiger partial charge in [0.1, 0.15) is 0 Å². The molecule has 0 unspecified atom stereocenters. The quantitative estimate of drug-likeness (QED) is 0.132. The summed E-state index contributed by atoms with van der Waals surface area (Å²) in [4.78, 5) is 0. The van der Waals surface area contributed by atoms with Gasteiger partial charge >= 0.3 is 0 Å². The van der Waals surface area contributed by atoms with Crippen LogP contribution in [0, 0.1) is 20.8 Å².